The lowest BCUT2D eigenvalue weighted by Gasteiger charge is -2.43. The van der Waals surface area contributed by atoms with Crippen LogP contribution < -0.4 is 5.56 Å². The van der Waals surface area contributed by atoms with E-state index >= 15 is 0 Å². The molecule has 0 radical (unpaired) electrons. The second-order valence-electron chi connectivity index (χ2n) is 7.16. The summed E-state index contributed by atoms with van der Waals surface area (Å²) in [6.45, 7) is 1.92. The van der Waals surface area contributed by atoms with Gasteiger partial charge in [-0.15, -0.1) is 11.3 Å². The molecule has 27 heavy (non-hydrogen) atoms. The Bertz CT molecular complexity index is 1050. The Kier molecular flexibility index (Phi) is 3.89. The molecule has 1 fully saturated rings. The number of hydrogen-bond acceptors (Lipinski definition) is 5. The van der Waals surface area contributed by atoms with Crippen molar-refractivity contribution < 1.29 is 4.79 Å². The van der Waals surface area contributed by atoms with Crippen LogP contribution in [0.25, 0.3) is 10.4 Å². The van der Waals surface area contributed by atoms with Crippen molar-refractivity contribution in [2.75, 3.05) is 13.1 Å². The Hall–Kier alpha value is -2.80. The molecule has 2 atom stereocenters. The van der Waals surface area contributed by atoms with Gasteiger partial charge in [-0.2, -0.15) is 0 Å². The molecule has 7 heteroatoms. The second-order valence-corrected chi connectivity index (χ2v) is 8.11. The fraction of sp³-hybridized carbons (Fsp3) is 0.300. The number of carbonyl (C=O) groups excluding carboxylic acids is 1. The van der Waals surface area contributed by atoms with Crippen molar-refractivity contribution >= 4 is 17.2 Å². The number of pyridine rings is 1. The lowest BCUT2D eigenvalue weighted by molar-refractivity contribution is 0.0589. The van der Waals surface area contributed by atoms with Gasteiger partial charge in [0.1, 0.15) is 5.69 Å². The normalized spacial score (nSPS) is 21.0. The van der Waals surface area contributed by atoms with Crippen LogP contribution in [0.4, 0.5) is 0 Å². The minimum atomic E-state index is -0.0813. The third-order valence-corrected chi connectivity index (χ3v) is 6.35. The van der Waals surface area contributed by atoms with E-state index in [1.807, 2.05) is 27.0 Å². The van der Waals surface area contributed by atoms with Gasteiger partial charge in [-0.25, -0.2) is 4.98 Å². The van der Waals surface area contributed by atoms with E-state index in [0.717, 1.165) is 22.6 Å². The fourth-order valence-electron chi connectivity index (χ4n) is 4.39. The topological polar surface area (TPSA) is 68.1 Å². The van der Waals surface area contributed by atoms with Gasteiger partial charge in [0.2, 0.25) is 0 Å². The van der Waals surface area contributed by atoms with Crippen LogP contribution in [-0.4, -0.2) is 38.4 Å². The molecule has 1 saturated heterocycles. The zero-order valence-corrected chi connectivity index (χ0v) is 15.4. The van der Waals surface area contributed by atoms with Crippen LogP contribution in [-0.2, 0) is 6.54 Å². The molecule has 2 aliphatic heterocycles. The molecule has 2 unspecified atom stereocenters. The van der Waals surface area contributed by atoms with Crippen molar-refractivity contribution in [3.63, 3.8) is 0 Å². The molecule has 3 aromatic heterocycles. The molecule has 0 spiro atoms. The van der Waals surface area contributed by atoms with Gasteiger partial charge in [-0.1, -0.05) is 6.07 Å². The quantitative estimate of drug-likeness (QED) is 0.687. The van der Waals surface area contributed by atoms with Crippen LogP contribution in [0.3, 0.4) is 0 Å². The van der Waals surface area contributed by atoms with Crippen molar-refractivity contribution in [3.8, 4) is 10.4 Å². The first kappa shape index (κ1) is 16.4. The smallest absolute Gasteiger partial charge is 0.274 e. The summed E-state index contributed by atoms with van der Waals surface area (Å²) >= 11 is 1.68. The Morgan fingerprint density at radius 1 is 1.15 bits per heavy atom. The van der Waals surface area contributed by atoms with Crippen molar-refractivity contribution in [1.29, 1.82) is 0 Å². The van der Waals surface area contributed by atoms with Crippen LogP contribution >= 0.6 is 11.3 Å². The summed E-state index contributed by atoms with van der Waals surface area (Å²) in [5.41, 5.74) is 2.61. The third-order valence-electron chi connectivity index (χ3n) is 5.45. The van der Waals surface area contributed by atoms with Gasteiger partial charge in [0, 0.05) is 60.1 Å². The number of thiophene rings is 1. The number of fused-ring (bicyclic) bond motifs is 4. The van der Waals surface area contributed by atoms with E-state index in [1.165, 1.54) is 6.20 Å². The number of nitrogens with zero attached hydrogens (tertiary/aromatic N) is 4. The lowest BCUT2D eigenvalue weighted by atomic mass is 9.81. The minimum absolute atomic E-state index is 0.0497. The van der Waals surface area contributed by atoms with Gasteiger partial charge >= 0.3 is 0 Å². The number of amides is 1. The zero-order valence-electron chi connectivity index (χ0n) is 14.6. The van der Waals surface area contributed by atoms with E-state index < -0.39 is 0 Å². The molecular weight excluding hydrogens is 360 g/mol. The van der Waals surface area contributed by atoms with Gasteiger partial charge in [0.05, 0.1) is 6.20 Å². The van der Waals surface area contributed by atoms with Gasteiger partial charge in [-0.3, -0.25) is 14.6 Å². The standard InChI is InChI=1S/C20H18N4O2S/c25-18-4-3-15(17-2-1-7-27-17)19-14-8-13(11-24(18)19)10-23(12-14)20(26)16-9-21-5-6-22-16/h1-7,9,13-14H,8,10-12H2. The molecule has 5 heterocycles. The zero-order chi connectivity index (χ0) is 18.4. The molecule has 2 aliphatic rings. The summed E-state index contributed by atoms with van der Waals surface area (Å²) in [6, 6.07) is 7.72. The average Bonchev–Trinajstić information content (AvgIpc) is 3.23. The van der Waals surface area contributed by atoms with Gasteiger partial charge in [0.15, 0.2) is 0 Å². The molecule has 1 amide bonds. The summed E-state index contributed by atoms with van der Waals surface area (Å²) in [7, 11) is 0. The highest BCUT2D eigenvalue weighted by molar-refractivity contribution is 7.13. The Morgan fingerprint density at radius 2 is 2.07 bits per heavy atom. The molecular formula is C20H18N4O2S. The summed E-state index contributed by atoms with van der Waals surface area (Å²) in [5.74, 6) is 0.361. The maximum Gasteiger partial charge on any atom is 0.274 e. The van der Waals surface area contributed by atoms with Crippen LogP contribution in [0.15, 0.2) is 53.0 Å². The number of aromatic nitrogens is 3. The number of rotatable bonds is 2. The molecule has 0 N–H and O–H groups in total. The minimum Gasteiger partial charge on any atom is -0.336 e. The van der Waals surface area contributed by atoms with Gasteiger partial charge < -0.3 is 9.47 Å². The maximum atomic E-state index is 12.9. The van der Waals surface area contributed by atoms with E-state index in [1.54, 1.807) is 29.8 Å². The van der Waals surface area contributed by atoms with Crippen molar-refractivity contribution in [3.05, 3.63) is 70.0 Å². The summed E-state index contributed by atoms with van der Waals surface area (Å²) in [4.78, 5) is 36.6. The number of piperidine rings is 1. The highest BCUT2D eigenvalue weighted by Crippen LogP contribution is 2.41. The van der Waals surface area contributed by atoms with Crippen LogP contribution in [0.2, 0.25) is 0 Å². The monoisotopic (exact) mass is 378 g/mol. The van der Waals surface area contributed by atoms with Crippen molar-refractivity contribution in [1.82, 2.24) is 19.4 Å². The Labute approximate surface area is 160 Å². The first-order chi connectivity index (χ1) is 13.2. The van der Waals surface area contributed by atoms with Gasteiger partial charge in [0.25, 0.3) is 11.5 Å². The van der Waals surface area contributed by atoms with Crippen molar-refractivity contribution in [2.45, 2.75) is 18.9 Å². The molecule has 6 nitrogen and oxygen atoms in total. The lowest BCUT2D eigenvalue weighted by Crippen LogP contribution is -2.49. The maximum absolute atomic E-state index is 12.9. The highest BCUT2D eigenvalue weighted by Gasteiger charge is 2.38. The number of carbonyl (C=O) groups is 1. The molecule has 0 aliphatic carbocycles. The van der Waals surface area contributed by atoms with E-state index in [0.29, 0.717) is 25.3 Å². The van der Waals surface area contributed by atoms with Crippen LogP contribution in [0.1, 0.15) is 28.5 Å². The number of likely N-dealkylation sites (tertiary alicyclic amines) is 1. The molecule has 5 rings (SSSR count). The largest absolute Gasteiger partial charge is 0.336 e. The van der Waals surface area contributed by atoms with E-state index in [2.05, 4.69) is 16.0 Å². The Balaban J connectivity index is 1.54. The van der Waals surface area contributed by atoms with Crippen molar-refractivity contribution in [2.24, 2.45) is 5.92 Å². The first-order valence-electron chi connectivity index (χ1n) is 9.03. The molecule has 0 saturated carbocycles. The first-order valence-corrected chi connectivity index (χ1v) is 9.91. The van der Waals surface area contributed by atoms with Crippen LogP contribution in [0, 0.1) is 5.92 Å². The Morgan fingerprint density at radius 3 is 2.85 bits per heavy atom. The molecule has 0 aromatic carbocycles. The average molecular weight is 378 g/mol. The SMILES string of the molecule is O=C(c1cnccn1)N1CC2CC(C1)c1c(-c3cccs3)ccc(=O)n1C2. The third kappa shape index (κ3) is 2.78. The molecule has 2 bridgehead atoms. The van der Waals surface area contributed by atoms with E-state index in [4.69, 9.17) is 0 Å². The fourth-order valence-corrected chi connectivity index (χ4v) is 5.15. The summed E-state index contributed by atoms with van der Waals surface area (Å²) in [5, 5.41) is 2.05. The molecule has 136 valence electrons. The van der Waals surface area contributed by atoms with Gasteiger partial charge in [-0.05, 0) is 29.9 Å². The molecule has 3 aromatic rings. The number of hydrogen-bond donors (Lipinski definition) is 0. The summed E-state index contributed by atoms with van der Waals surface area (Å²) in [6.07, 6.45) is 5.63. The van der Waals surface area contributed by atoms with E-state index in [9.17, 15) is 9.59 Å². The van der Waals surface area contributed by atoms with Crippen LogP contribution in [0.5, 0.6) is 0 Å². The highest BCUT2D eigenvalue weighted by atomic mass is 32.1. The summed E-state index contributed by atoms with van der Waals surface area (Å²) < 4.78 is 1.93. The second kappa shape index (κ2) is 6.42. The predicted molar refractivity (Wildman–Crippen MR) is 103 cm³/mol. The predicted octanol–water partition coefficient (Wildman–Crippen LogP) is 2.63. The van der Waals surface area contributed by atoms with E-state index in [-0.39, 0.29) is 23.3 Å².